The fourth-order valence-electron chi connectivity index (χ4n) is 1.14. The Hall–Kier alpha value is -1.82. The van der Waals surface area contributed by atoms with Crippen LogP contribution >= 0.6 is 0 Å². The van der Waals surface area contributed by atoms with E-state index < -0.39 is 0 Å². The van der Waals surface area contributed by atoms with E-state index in [0.29, 0.717) is 18.0 Å². The van der Waals surface area contributed by atoms with Crippen molar-refractivity contribution in [1.82, 2.24) is 0 Å². The van der Waals surface area contributed by atoms with Gasteiger partial charge in [0.1, 0.15) is 11.5 Å². The number of benzene rings is 1. The molecule has 0 bridgehead atoms. The highest BCUT2D eigenvalue weighted by Crippen LogP contribution is 2.26. The zero-order chi connectivity index (χ0) is 11.1. The highest BCUT2D eigenvalue weighted by molar-refractivity contribution is 5.56. The van der Waals surface area contributed by atoms with Gasteiger partial charge >= 0.3 is 0 Å². The second-order valence-electron chi connectivity index (χ2n) is 3.06. The van der Waals surface area contributed by atoms with E-state index in [9.17, 15) is 0 Å². The molecule has 80 valence electrons. The number of unbranched alkanes of at least 4 members (excludes halogenated alkanes) is 1. The van der Waals surface area contributed by atoms with E-state index in [2.05, 4.69) is 5.92 Å². The molecule has 2 N–H and O–H groups in total. The minimum atomic E-state index is 0.579. The third-order valence-corrected chi connectivity index (χ3v) is 1.94. The molecule has 0 atom stereocenters. The van der Waals surface area contributed by atoms with E-state index in [1.807, 2.05) is 6.07 Å². The molecule has 1 aromatic carbocycles. The average Bonchev–Trinajstić information content (AvgIpc) is 2.26. The number of anilines is 1. The smallest absolute Gasteiger partial charge is 0.142 e. The minimum absolute atomic E-state index is 0.579. The SMILES string of the molecule is C#CCCCOc1ccc(OC)cc1N. The summed E-state index contributed by atoms with van der Waals surface area (Å²) < 4.78 is 10.5. The quantitative estimate of drug-likeness (QED) is 0.454. The summed E-state index contributed by atoms with van der Waals surface area (Å²) in [6, 6.07) is 5.34. The topological polar surface area (TPSA) is 44.5 Å². The Bertz CT molecular complexity index is 355. The van der Waals surface area contributed by atoms with Gasteiger partial charge in [0.2, 0.25) is 0 Å². The molecule has 3 heteroatoms. The molecule has 0 aliphatic heterocycles. The summed E-state index contributed by atoms with van der Waals surface area (Å²) in [6.45, 7) is 0.584. The number of terminal acetylenes is 1. The Morgan fingerprint density at radius 3 is 2.87 bits per heavy atom. The zero-order valence-corrected chi connectivity index (χ0v) is 8.82. The molecule has 0 aliphatic carbocycles. The first-order valence-corrected chi connectivity index (χ1v) is 4.77. The van der Waals surface area contributed by atoms with E-state index >= 15 is 0 Å². The molecule has 3 nitrogen and oxygen atoms in total. The van der Waals surface area contributed by atoms with Crippen LogP contribution in [0.15, 0.2) is 18.2 Å². The lowest BCUT2D eigenvalue weighted by molar-refractivity contribution is 0.314. The van der Waals surface area contributed by atoms with Crippen LogP contribution in [0.1, 0.15) is 12.8 Å². The van der Waals surface area contributed by atoms with Crippen LogP contribution in [0.4, 0.5) is 5.69 Å². The van der Waals surface area contributed by atoms with Gasteiger partial charge in [-0.3, -0.25) is 0 Å². The molecular formula is C12H15NO2. The molecule has 1 rings (SSSR count). The van der Waals surface area contributed by atoms with Crippen molar-refractivity contribution >= 4 is 5.69 Å². The molecule has 0 spiro atoms. The molecule has 0 aromatic heterocycles. The van der Waals surface area contributed by atoms with Crippen molar-refractivity contribution in [1.29, 1.82) is 0 Å². The van der Waals surface area contributed by atoms with Crippen molar-refractivity contribution in [3.05, 3.63) is 18.2 Å². The molecule has 1 aromatic rings. The average molecular weight is 205 g/mol. The number of hydrogen-bond acceptors (Lipinski definition) is 3. The standard InChI is InChI=1S/C12H15NO2/c1-3-4-5-8-15-12-7-6-10(14-2)9-11(12)13/h1,6-7,9H,4-5,8,13H2,2H3. The monoisotopic (exact) mass is 205 g/mol. The maximum absolute atomic E-state index is 5.77. The van der Waals surface area contributed by atoms with Gasteiger partial charge in [-0.05, 0) is 18.6 Å². The fourth-order valence-corrected chi connectivity index (χ4v) is 1.14. The Balaban J connectivity index is 2.51. The Labute approximate surface area is 90.2 Å². The van der Waals surface area contributed by atoms with Crippen LogP contribution in [0.5, 0.6) is 11.5 Å². The zero-order valence-electron chi connectivity index (χ0n) is 8.82. The van der Waals surface area contributed by atoms with E-state index in [1.54, 1.807) is 19.2 Å². The van der Waals surface area contributed by atoms with Gasteiger partial charge in [-0.15, -0.1) is 12.3 Å². The number of nitrogens with two attached hydrogens (primary N) is 1. The summed E-state index contributed by atoms with van der Waals surface area (Å²) in [5.74, 6) is 3.95. The molecule has 0 radical (unpaired) electrons. The van der Waals surface area contributed by atoms with Gasteiger partial charge in [0, 0.05) is 12.5 Å². The normalized spacial score (nSPS) is 9.33. The summed E-state index contributed by atoms with van der Waals surface area (Å²) >= 11 is 0. The summed E-state index contributed by atoms with van der Waals surface area (Å²) in [5, 5.41) is 0. The van der Waals surface area contributed by atoms with Crippen molar-refractivity contribution in [2.75, 3.05) is 19.5 Å². The van der Waals surface area contributed by atoms with Crippen molar-refractivity contribution < 1.29 is 9.47 Å². The first-order chi connectivity index (χ1) is 7.27. The largest absolute Gasteiger partial charge is 0.497 e. The fraction of sp³-hybridized carbons (Fsp3) is 0.333. The number of methoxy groups -OCH3 is 1. The molecule has 0 saturated carbocycles. The first-order valence-electron chi connectivity index (χ1n) is 4.77. The van der Waals surface area contributed by atoms with Gasteiger partial charge in [-0.2, -0.15) is 0 Å². The van der Waals surface area contributed by atoms with E-state index in [4.69, 9.17) is 21.6 Å². The second-order valence-corrected chi connectivity index (χ2v) is 3.06. The predicted octanol–water partition coefficient (Wildman–Crippen LogP) is 2.07. The van der Waals surface area contributed by atoms with E-state index in [-0.39, 0.29) is 0 Å². The van der Waals surface area contributed by atoms with Crippen LogP contribution in [0.3, 0.4) is 0 Å². The maximum atomic E-state index is 5.77. The highest BCUT2D eigenvalue weighted by Gasteiger charge is 2.01. The summed E-state index contributed by atoms with van der Waals surface area (Å²) in [5.41, 5.74) is 6.35. The van der Waals surface area contributed by atoms with Crippen molar-refractivity contribution in [2.45, 2.75) is 12.8 Å². The second kappa shape index (κ2) is 5.82. The third kappa shape index (κ3) is 3.43. The Morgan fingerprint density at radius 2 is 2.27 bits per heavy atom. The number of ether oxygens (including phenoxy) is 2. The van der Waals surface area contributed by atoms with Crippen molar-refractivity contribution in [3.63, 3.8) is 0 Å². The molecule has 0 aliphatic rings. The van der Waals surface area contributed by atoms with Gasteiger partial charge in [-0.1, -0.05) is 0 Å². The number of rotatable bonds is 5. The molecule has 15 heavy (non-hydrogen) atoms. The van der Waals surface area contributed by atoms with Crippen LogP contribution < -0.4 is 15.2 Å². The van der Waals surface area contributed by atoms with Crippen LogP contribution in [-0.2, 0) is 0 Å². The summed E-state index contributed by atoms with van der Waals surface area (Å²) in [4.78, 5) is 0. The lowest BCUT2D eigenvalue weighted by Crippen LogP contribution is -2.00. The van der Waals surface area contributed by atoms with Crippen LogP contribution in [-0.4, -0.2) is 13.7 Å². The molecular weight excluding hydrogens is 190 g/mol. The van der Waals surface area contributed by atoms with E-state index in [1.165, 1.54) is 0 Å². The van der Waals surface area contributed by atoms with Gasteiger partial charge in [-0.25, -0.2) is 0 Å². The molecule has 0 amide bonds. The number of hydrogen-bond donors (Lipinski definition) is 1. The predicted molar refractivity (Wildman–Crippen MR) is 61.0 cm³/mol. The minimum Gasteiger partial charge on any atom is -0.497 e. The molecule has 0 saturated heterocycles. The lowest BCUT2D eigenvalue weighted by atomic mass is 10.3. The van der Waals surface area contributed by atoms with E-state index in [0.717, 1.165) is 18.6 Å². The van der Waals surface area contributed by atoms with Gasteiger partial charge in [0.15, 0.2) is 0 Å². The van der Waals surface area contributed by atoms with Crippen LogP contribution in [0.2, 0.25) is 0 Å². The summed E-state index contributed by atoms with van der Waals surface area (Å²) in [7, 11) is 1.60. The molecule has 0 fully saturated rings. The number of nitrogen functional groups attached to an aromatic ring is 1. The third-order valence-electron chi connectivity index (χ3n) is 1.94. The lowest BCUT2D eigenvalue weighted by Gasteiger charge is -2.09. The summed E-state index contributed by atoms with van der Waals surface area (Å²) in [6.07, 6.45) is 6.68. The van der Waals surface area contributed by atoms with Crippen LogP contribution in [0, 0.1) is 12.3 Å². The van der Waals surface area contributed by atoms with Gasteiger partial charge in [0.25, 0.3) is 0 Å². The Morgan fingerprint density at radius 1 is 1.47 bits per heavy atom. The van der Waals surface area contributed by atoms with Crippen LogP contribution in [0.25, 0.3) is 0 Å². The van der Waals surface area contributed by atoms with Gasteiger partial charge < -0.3 is 15.2 Å². The highest BCUT2D eigenvalue weighted by atomic mass is 16.5. The molecule has 0 heterocycles. The van der Waals surface area contributed by atoms with Crippen molar-refractivity contribution in [3.8, 4) is 23.8 Å². The van der Waals surface area contributed by atoms with Crippen molar-refractivity contribution in [2.24, 2.45) is 0 Å². The Kier molecular flexibility index (Phi) is 4.36. The first kappa shape index (κ1) is 11.3. The van der Waals surface area contributed by atoms with Gasteiger partial charge in [0.05, 0.1) is 19.4 Å². The molecule has 0 unspecified atom stereocenters. The maximum Gasteiger partial charge on any atom is 0.142 e.